The molecule has 0 spiro atoms. The lowest BCUT2D eigenvalue weighted by Crippen LogP contribution is -2.14. The van der Waals surface area contributed by atoms with Gasteiger partial charge in [-0.1, -0.05) is 15.9 Å². The highest BCUT2D eigenvalue weighted by Gasteiger charge is 1.97. The van der Waals surface area contributed by atoms with E-state index in [1.165, 1.54) is 6.26 Å². The molecule has 0 heterocycles. The Bertz CT molecular complexity index is 299. The highest BCUT2D eigenvalue weighted by Crippen LogP contribution is 1.88. The molecule has 20 heavy (non-hydrogen) atoms. The van der Waals surface area contributed by atoms with Crippen molar-refractivity contribution in [3.63, 3.8) is 0 Å². The number of halogens is 1. The van der Waals surface area contributed by atoms with E-state index in [-0.39, 0.29) is 6.61 Å². The predicted molar refractivity (Wildman–Crippen MR) is 84.5 cm³/mol. The standard InChI is InChI=1S/C11H23BrO6S2/c1-20(13,19)18-11-10-17-9-8-16-7-6-15-5-4-14-3-2-12/h2-11H2,1H3. The fourth-order valence-electron chi connectivity index (χ4n) is 1.06. The van der Waals surface area contributed by atoms with Crippen LogP contribution >= 0.6 is 15.9 Å². The molecule has 9 heteroatoms. The fourth-order valence-corrected chi connectivity index (χ4v) is 1.86. The molecular weight excluding hydrogens is 372 g/mol. The molecule has 0 fully saturated rings. The minimum atomic E-state index is -2.55. The van der Waals surface area contributed by atoms with Crippen molar-refractivity contribution in [1.29, 1.82) is 0 Å². The van der Waals surface area contributed by atoms with Crippen LogP contribution in [0.4, 0.5) is 0 Å². The van der Waals surface area contributed by atoms with Crippen molar-refractivity contribution in [1.82, 2.24) is 0 Å². The second kappa shape index (κ2) is 14.6. The normalized spacial score (nSPS) is 14.3. The highest BCUT2D eigenvalue weighted by atomic mass is 79.9. The van der Waals surface area contributed by atoms with Gasteiger partial charge >= 0.3 is 0 Å². The summed E-state index contributed by atoms with van der Waals surface area (Å²) in [6.45, 7) is 4.45. The Morgan fingerprint density at radius 2 is 1.15 bits per heavy atom. The average molecular weight is 395 g/mol. The lowest BCUT2D eigenvalue weighted by atomic mass is 10.7. The van der Waals surface area contributed by atoms with Crippen LogP contribution in [0.3, 0.4) is 0 Å². The topological polar surface area (TPSA) is 63.2 Å². The zero-order chi connectivity index (χ0) is 15.1. The van der Waals surface area contributed by atoms with Gasteiger partial charge in [0.25, 0.3) is 0 Å². The van der Waals surface area contributed by atoms with Gasteiger partial charge in [-0.3, -0.25) is 4.18 Å². The largest absolute Gasteiger partial charge is 0.378 e. The second-order valence-electron chi connectivity index (χ2n) is 3.66. The van der Waals surface area contributed by atoms with Gasteiger partial charge in [-0.05, 0) is 0 Å². The zero-order valence-corrected chi connectivity index (χ0v) is 14.9. The van der Waals surface area contributed by atoms with Crippen LogP contribution in [-0.4, -0.2) is 75.3 Å². The maximum Gasteiger partial charge on any atom is 0.141 e. The van der Waals surface area contributed by atoms with Crippen LogP contribution in [0.5, 0.6) is 0 Å². The van der Waals surface area contributed by atoms with E-state index >= 15 is 0 Å². The Morgan fingerprint density at radius 1 is 0.800 bits per heavy atom. The summed E-state index contributed by atoms with van der Waals surface area (Å²) < 4.78 is 36.9. The smallest absolute Gasteiger partial charge is 0.141 e. The van der Waals surface area contributed by atoms with Crippen LogP contribution in [0.1, 0.15) is 0 Å². The number of alkyl halides is 1. The summed E-state index contributed by atoms with van der Waals surface area (Å²) in [5, 5.41) is 0.836. The average Bonchev–Trinajstić information content (AvgIpc) is 2.38. The van der Waals surface area contributed by atoms with Crippen molar-refractivity contribution in [3.8, 4) is 0 Å². The summed E-state index contributed by atoms with van der Waals surface area (Å²) >= 11 is 7.85. The van der Waals surface area contributed by atoms with E-state index in [0.717, 1.165) is 5.33 Å². The van der Waals surface area contributed by atoms with E-state index in [9.17, 15) is 4.21 Å². The number of ether oxygens (including phenoxy) is 4. The molecule has 0 aromatic carbocycles. The molecule has 0 saturated carbocycles. The van der Waals surface area contributed by atoms with Gasteiger partial charge in [0.05, 0.1) is 59.5 Å². The second-order valence-corrected chi connectivity index (χ2v) is 7.92. The van der Waals surface area contributed by atoms with Gasteiger partial charge in [-0.2, -0.15) is 0 Å². The van der Waals surface area contributed by atoms with Gasteiger partial charge < -0.3 is 18.9 Å². The van der Waals surface area contributed by atoms with Gasteiger partial charge in [-0.15, -0.1) is 0 Å². The molecular formula is C11H23BrO6S2. The maximum absolute atomic E-state index is 11.0. The molecule has 122 valence electrons. The molecule has 0 aliphatic heterocycles. The lowest BCUT2D eigenvalue weighted by Gasteiger charge is -2.07. The molecule has 0 amide bonds. The molecule has 1 atom stereocenters. The Labute approximate surface area is 134 Å². The van der Waals surface area contributed by atoms with Crippen LogP contribution in [-0.2, 0) is 43.1 Å². The van der Waals surface area contributed by atoms with E-state index in [2.05, 4.69) is 27.1 Å². The van der Waals surface area contributed by atoms with Crippen molar-refractivity contribution < 1.29 is 27.3 Å². The Balaban J connectivity index is 3.03. The van der Waals surface area contributed by atoms with Gasteiger partial charge in [-0.25, -0.2) is 4.21 Å². The first-order chi connectivity index (χ1) is 9.56. The molecule has 6 nitrogen and oxygen atoms in total. The number of rotatable bonds is 15. The predicted octanol–water partition coefficient (Wildman–Crippen LogP) is 0.755. The van der Waals surface area contributed by atoms with Crippen LogP contribution in [0.15, 0.2) is 0 Å². The van der Waals surface area contributed by atoms with E-state index in [4.69, 9.17) is 23.1 Å². The summed E-state index contributed by atoms with van der Waals surface area (Å²) in [5.41, 5.74) is 0. The third kappa shape index (κ3) is 18.7. The van der Waals surface area contributed by atoms with Crippen LogP contribution in [0.25, 0.3) is 0 Å². The minimum absolute atomic E-state index is 0.232. The lowest BCUT2D eigenvalue weighted by molar-refractivity contribution is -0.00275. The SMILES string of the molecule is CS(=O)(=S)OCCOCCOCCOCCOCCBr. The minimum Gasteiger partial charge on any atom is -0.378 e. The van der Waals surface area contributed by atoms with E-state index in [1.54, 1.807) is 0 Å². The zero-order valence-electron chi connectivity index (χ0n) is 11.7. The summed E-state index contributed by atoms with van der Waals surface area (Å²) in [5.74, 6) is 0. The summed E-state index contributed by atoms with van der Waals surface area (Å²) in [7, 11) is -2.55. The molecule has 0 aliphatic carbocycles. The summed E-state index contributed by atoms with van der Waals surface area (Å²) in [6, 6.07) is 0. The Morgan fingerprint density at radius 3 is 1.50 bits per heavy atom. The molecule has 0 radical (unpaired) electrons. The molecule has 0 N–H and O–H groups in total. The van der Waals surface area contributed by atoms with E-state index in [0.29, 0.717) is 52.9 Å². The fraction of sp³-hybridized carbons (Fsp3) is 1.00. The molecule has 0 aromatic heterocycles. The first kappa shape index (κ1) is 20.6. The number of hydrogen-bond donors (Lipinski definition) is 0. The third-order valence-electron chi connectivity index (χ3n) is 1.86. The van der Waals surface area contributed by atoms with Crippen LogP contribution in [0, 0.1) is 0 Å². The van der Waals surface area contributed by atoms with Crippen molar-refractivity contribution in [2.75, 3.05) is 71.0 Å². The quantitative estimate of drug-likeness (QED) is 0.300. The molecule has 0 aliphatic rings. The maximum atomic E-state index is 11.0. The Hall–Kier alpha value is 0.650. The summed E-state index contributed by atoms with van der Waals surface area (Å²) in [6.07, 6.45) is 1.37. The summed E-state index contributed by atoms with van der Waals surface area (Å²) in [4.78, 5) is 0. The van der Waals surface area contributed by atoms with Gasteiger partial charge in [0, 0.05) is 22.8 Å². The molecule has 0 aromatic rings. The van der Waals surface area contributed by atoms with E-state index < -0.39 is 8.77 Å². The monoisotopic (exact) mass is 394 g/mol. The van der Waals surface area contributed by atoms with Gasteiger partial charge in [0.2, 0.25) is 0 Å². The molecule has 1 unspecified atom stereocenters. The molecule has 0 saturated heterocycles. The number of hydrogen-bond acceptors (Lipinski definition) is 7. The first-order valence-corrected chi connectivity index (χ1v) is 10.2. The Kier molecular flexibility index (Phi) is 15.1. The third-order valence-corrected chi connectivity index (χ3v) is 3.07. The van der Waals surface area contributed by atoms with Crippen molar-refractivity contribution in [3.05, 3.63) is 0 Å². The first-order valence-electron chi connectivity index (χ1n) is 6.27. The van der Waals surface area contributed by atoms with Crippen LogP contribution in [0.2, 0.25) is 0 Å². The molecule has 0 rings (SSSR count). The van der Waals surface area contributed by atoms with Crippen LogP contribution < -0.4 is 0 Å². The molecule has 0 bridgehead atoms. The van der Waals surface area contributed by atoms with Gasteiger partial charge in [0.1, 0.15) is 8.77 Å². The van der Waals surface area contributed by atoms with E-state index in [1.807, 2.05) is 0 Å². The van der Waals surface area contributed by atoms with Gasteiger partial charge in [0.15, 0.2) is 0 Å². The van der Waals surface area contributed by atoms with Crippen molar-refractivity contribution >= 4 is 35.9 Å². The van der Waals surface area contributed by atoms with Crippen molar-refractivity contribution in [2.24, 2.45) is 0 Å². The highest BCUT2D eigenvalue weighted by molar-refractivity contribution is 9.09. The van der Waals surface area contributed by atoms with Crippen molar-refractivity contribution in [2.45, 2.75) is 0 Å².